The molecule has 24 heavy (non-hydrogen) atoms. The fourth-order valence-electron chi connectivity index (χ4n) is 2.63. The van der Waals surface area contributed by atoms with Gasteiger partial charge in [0.2, 0.25) is 0 Å². The van der Waals surface area contributed by atoms with Gasteiger partial charge in [0, 0.05) is 37.2 Å². The maximum Gasteiger partial charge on any atom is 0.251 e. The zero-order chi connectivity index (χ0) is 16.7. The van der Waals surface area contributed by atoms with Crippen LogP contribution in [-0.2, 0) is 6.54 Å². The van der Waals surface area contributed by atoms with E-state index in [9.17, 15) is 8.78 Å². The number of piperidine rings is 1. The van der Waals surface area contributed by atoms with E-state index >= 15 is 0 Å². The monoisotopic (exact) mass is 516 g/mol. The molecule has 0 unspecified atom stereocenters. The summed E-state index contributed by atoms with van der Waals surface area (Å²) in [6.07, 6.45) is -0.544. The van der Waals surface area contributed by atoms with Gasteiger partial charge < -0.3 is 10.6 Å². The van der Waals surface area contributed by atoms with Crippen molar-refractivity contribution in [3.05, 3.63) is 34.3 Å². The van der Waals surface area contributed by atoms with Crippen LogP contribution in [0.25, 0.3) is 0 Å². The average Bonchev–Trinajstić information content (AvgIpc) is 2.54. The smallest absolute Gasteiger partial charge is 0.251 e. The first-order chi connectivity index (χ1) is 11.1. The summed E-state index contributed by atoms with van der Waals surface area (Å²) in [7, 11) is 1.74. The molecule has 0 aliphatic carbocycles. The number of nitrogens with zero attached hydrogens (tertiary/aromatic N) is 2. The summed E-state index contributed by atoms with van der Waals surface area (Å²) in [5, 5.41) is 6.66. The summed E-state index contributed by atoms with van der Waals surface area (Å²) in [5.74, 6) is 0.750. The van der Waals surface area contributed by atoms with Crippen molar-refractivity contribution in [1.82, 2.24) is 15.5 Å². The summed E-state index contributed by atoms with van der Waals surface area (Å²) in [4.78, 5) is 6.05. The fourth-order valence-corrected chi connectivity index (χ4v) is 2.90. The van der Waals surface area contributed by atoms with Crippen molar-refractivity contribution < 1.29 is 8.78 Å². The third kappa shape index (κ3) is 7.60. The van der Waals surface area contributed by atoms with E-state index in [4.69, 9.17) is 0 Å². The number of nitrogens with one attached hydrogen (secondary N) is 2. The molecule has 1 aliphatic rings. The van der Waals surface area contributed by atoms with E-state index < -0.39 is 6.43 Å². The Balaban J connectivity index is 0.00000288. The Morgan fingerprint density at radius 1 is 1.29 bits per heavy atom. The van der Waals surface area contributed by atoms with Gasteiger partial charge >= 0.3 is 0 Å². The van der Waals surface area contributed by atoms with Crippen molar-refractivity contribution in [2.45, 2.75) is 31.9 Å². The van der Waals surface area contributed by atoms with Gasteiger partial charge in [0.25, 0.3) is 6.43 Å². The molecule has 2 rings (SSSR count). The molecule has 1 saturated heterocycles. The van der Waals surface area contributed by atoms with Crippen LogP contribution in [0.4, 0.5) is 8.78 Å². The largest absolute Gasteiger partial charge is 0.354 e. The lowest BCUT2D eigenvalue weighted by molar-refractivity contribution is 0.0744. The lowest BCUT2D eigenvalue weighted by Crippen LogP contribution is -2.49. The molecule has 2 N–H and O–H groups in total. The highest BCUT2D eigenvalue weighted by atomic mass is 127. The maximum atomic E-state index is 12.4. The van der Waals surface area contributed by atoms with E-state index in [0.717, 1.165) is 23.3 Å². The summed E-state index contributed by atoms with van der Waals surface area (Å²) in [6.45, 7) is 1.97. The van der Waals surface area contributed by atoms with Crippen molar-refractivity contribution in [2.75, 3.05) is 26.7 Å². The average molecular weight is 517 g/mol. The minimum absolute atomic E-state index is 0. The van der Waals surface area contributed by atoms with Crippen LogP contribution in [0, 0.1) is 0 Å². The van der Waals surface area contributed by atoms with Gasteiger partial charge in [-0.05, 0) is 30.5 Å². The standard InChI is InChI=1S/C16H23BrF2N4.HI/c1-20-16(21-10-12-2-4-13(17)5-3-12)22-14-6-8-23(9-7-14)11-15(18)19;/h2-5,14-15H,6-11H2,1H3,(H2,20,21,22);1H. The summed E-state index contributed by atoms with van der Waals surface area (Å²) >= 11 is 3.42. The van der Waals surface area contributed by atoms with Crippen LogP contribution in [-0.4, -0.2) is 50.0 Å². The molecule has 0 radical (unpaired) electrons. The maximum absolute atomic E-state index is 12.4. The fraction of sp³-hybridized carbons (Fsp3) is 0.562. The molecule has 8 heteroatoms. The lowest BCUT2D eigenvalue weighted by Gasteiger charge is -2.32. The number of hydrogen-bond donors (Lipinski definition) is 2. The van der Waals surface area contributed by atoms with Crippen molar-refractivity contribution in [2.24, 2.45) is 4.99 Å². The number of hydrogen-bond acceptors (Lipinski definition) is 2. The van der Waals surface area contributed by atoms with Crippen LogP contribution in [0.5, 0.6) is 0 Å². The van der Waals surface area contributed by atoms with Gasteiger partial charge in [-0.2, -0.15) is 0 Å². The van der Waals surface area contributed by atoms with E-state index in [1.807, 2.05) is 29.2 Å². The Morgan fingerprint density at radius 2 is 1.92 bits per heavy atom. The van der Waals surface area contributed by atoms with Crippen LogP contribution in [0.3, 0.4) is 0 Å². The number of benzene rings is 1. The molecule has 0 amide bonds. The van der Waals surface area contributed by atoms with Crippen LogP contribution in [0.1, 0.15) is 18.4 Å². The Hall–Kier alpha value is -0.480. The minimum atomic E-state index is -2.25. The number of aliphatic imine (C=N–C) groups is 1. The van der Waals surface area contributed by atoms with Crippen LogP contribution < -0.4 is 10.6 Å². The topological polar surface area (TPSA) is 39.7 Å². The quantitative estimate of drug-likeness (QED) is 0.357. The molecule has 4 nitrogen and oxygen atoms in total. The van der Waals surface area contributed by atoms with Gasteiger partial charge in [-0.3, -0.25) is 9.89 Å². The molecule has 1 aliphatic heterocycles. The molecule has 0 spiro atoms. The second-order valence-corrected chi connectivity index (χ2v) is 6.58. The van der Waals surface area contributed by atoms with E-state index in [1.54, 1.807) is 7.05 Å². The summed E-state index contributed by atoms with van der Waals surface area (Å²) in [5.41, 5.74) is 1.17. The van der Waals surface area contributed by atoms with Crippen molar-refractivity contribution >= 4 is 45.9 Å². The SMILES string of the molecule is CN=C(NCc1ccc(Br)cc1)NC1CCN(CC(F)F)CC1.I. The number of guanidine groups is 1. The predicted octanol–water partition coefficient (Wildman–Crippen LogP) is 3.46. The first-order valence-electron chi connectivity index (χ1n) is 7.79. The molecule has 1 heterocycles. The number of alkyl halides is 2. The van der Waals surface area contributed by atoms with Gasteiger partial charge in [-0.25, -0.2) is 8.78 Å². The van der Waals surface area contributed by atoms with E-state index in [0.29, 0.717) is 19.6 Å². The van der Waals surface area contributed by atoms with Gasteiger partial charge in [-0.15, -0.1) is 24.0 Å². The Kier molecular flexibility index (Phi) is 10.1. The highest BCUT2D eigenvalue weighted by Gasteiger charge is 2.21. The molecule has 0 atom stereocenters. The Morgan fingerprint density at radius 3 is 2.46 bits per heavy atom. The number of halogens is 4. The highest BCUT2D eigenvalue weighted by molar-refractivity contribution is 14.0. The van der Waals surface area contributed by atoms with Crippen molar-refractivity contribution in [1.29, 1.82) is 0 Å². The molecule has 0 saturated carbocycles. The second kappa shape index (κ2) is 11.2. The third-order valence-corrected chi connectivity index (χ3v) is 4.45. The van der Waals surface area contributed by atoms with Gasteiger partial charge in [0.15, 0.2) is 5.96 Å². The summed E-state index contributed by atoms with van der Waals surface area (Å²) < 4.78 is 25.8. The van der Waals surface area contributed by atoms with Crippen LogP contribution in [0.15, 0.2) is 33.7 Å². The number of rotatable bonds is 5. The first kappa shape index (κ1) is 21.6. The highest BCUT2D eigenvalue weighted by Crippen LogP contribution is 2.12. The van der Waals surface area contributed by atoms with E-state index in [1.165, 1.54) is 5.56 Å². The van der Waals surface area contributed by atoms with Crippen molar-refractivity contribution in [3.63, 3.8) is 0 Å². The zero-order valence-corrected chi connectivity index (χ0v) is 17.6. The van der Waals surface area contributed by atoms with Crippen LogP contribution in [0.2, 0.25) is 0 Å². The van der Waals surface area contributed by atoms with Gasteiger partial charge in [-0.1, -0.05) is 28.1 Å². The van der Waals surface area contributed by atoms with Gasteiger partial charge in [0.1, 0.15) is 0 Å². The molecule has 0 bridgehead atoms. The molecule has 0 aromatic heterocycles. The molecular weight excluding hydrogens is 493 g/mol. The molecule has 136 valence electrons. The normalized spacial score (nSPS) is 16.8. The predicted molar refractivity (Wildman–Crippen MR) is 108 cm³/mol. The Bertz CT molecular complexity index is 505. The van der Waals surface area contributed by atoms with E-state index in [2.05, 4.69) is 31.6 Å². The number of likely N-dealkylation sites (tertiary alicyclic amines) is 1. The van der Waals surface area contributed by atoms with Gasteiger partial charge in [0.05, 0.1) is 6.54 Å². The first-order valence-corrected chi connectivity index (χ1v) is 8.58. The molecule has 1 fully saturated rings. The lowest BCUT2D eigenvalue weighted by atomic mass is 10.1. The third-order valence-electron chi connectivity index (χ3n) is 3.92. The Labute approximate surface area is 167 Å². The van der Waals surface area contributed by atoms with Crippen LogP contribution >= 0.6 is 39.9 Å². The molecule has 1 aromatic rings. The zero-order valence-electron chi connectivity index (χ0n) is 13.6. The van der Waals surface area contributed by atoms with Crippen molar-refractivity contribution in [3.8, 4) is 0 Å². The molecule has 1 aromatic carbocycles. The molecular formula is C16H24BrF2IN4. The van der Waals surface area contributed by atoms with E-state index in [-0.39, 0.29) is 36.6 Å². The second-order valence-electron chi connectivity index (χ2n) is 5.66. The summed E-state index contributed by atoms with van der Waals surface area (Å²) in [6, 6.07) is 8.39. The minimum Gasteiger partial charge on any atom is -0.354 e.